The summed E-state index contributed by atoms with van der Waals surface area (Å²) in [7, 11) is 2.12. The van der Waals surface area contributed by atoms with Crippen LogP contribution in [0.3, 0.4) is 0 Å². The Balaban J connectivity index is 1.42. The predicted octanol–water partition coefficient (Wildman–Crippen LogP) is 2.25. The first kappa shape index (κ1) is 21.0. The first-order valence-electron chi connectivity index (χ1n) is 11.7. The number of nitrogens with one attached hydrogen (secondary N) is 2. The molecule has 0 unspecified atom stereocenters. The molecule has 1 saturated carbocycles. The fourth-order valence-corrected chi connectivity index (χ4v) is 5.16. The van der Waals surface area contributed by atoms with Gasteiger partial charge in [0.25, 0.3) is 11.5 Å². The number of aromatic nitrogens is 2. The van der Waals surface area contributed by atoms with E-state index < -0.39 is 5.56 Å². The topological polar surface area (TPSA) is 105 Å². The molecule has 2 aromatic rings. The lowest BCUT2D eigenvalue weighted by molar-refractivity contribution is 0.0934. The van der Waals surface area contributed by atoms with Crippen LogP contribution in [0, 0.1) is 22.7 Å². The van der Waals surface area contributed by atoms with E-state index in [4.69, 9.17) is 0 Å². The van der Waals surface area contributed by atoms with Crippen molar-refractivity contribution in [2.75, 3.05) is 44.7 Å². The zero-order valence-corrected chi connectivity index (χ0v) is 18.6. The van der Waals surface area contributed by atoms with Gasteiger partial charge in [0.05, 0.1) is 11.2 Å². The summed E-state index contributed by atoms with van der Waals surface area (Å²) >= 11 is 0. The lowest BCUT2D eigenvalue weighted by Crippen LogP contribution is -2.37. The summed E-state index contributed by atoms with van der Waals surface area (Å²) in [6.07, 6.45) is 6.86. The van der Waals surface area contributed by atoms with E-state index in [0.717, 1.165) is 51.9 Å². The number of rotatable bonds is 4. The van der Waals surface area contributed by atoms with Gasteiger partial charge in [-0.3, -0.25) is 9.59 Å². The number of amides is 1. The van der Waals surface area contributed by atoms with Gasteiger partial charge < -0.3 is 20.1 Å². The van der Waals surface area contributed by atoms with Crippen LogP contribution in [0.15, 0.2) is 16.9 Å². The predicted molar refractivity (Wildman–Crippen MR) is 123 cm³/mol. The zero-order valence-electron chi connectivity index (χ0n) is 18.6. The maximum Gasteiger partial charge on any atom is 0.269 e. The van der Waals surface area contributed by atoms with Crippen molar-refractivity contribution in [2.45, 2.75) is 38.5 Å². The highest BCUT2D eigenvalue weighted by molar-refractivity contribution is 5.97. The number of hydrogen-bond acceptors (Lipinski definition) is 6. The van der Waals surface area contributed by atoms with E-state index in [1.54, 1.807) is 12.1 Å². The van der Waals surface area contributed by atoms with Crippen LogP contribution in [0.1, 0.15) is 54.6 Å². The normalized spacial score (nSPS) is 20.9. The molecule has 2 aromatic heterocycles. The fourth-order valence-electron chi connectivity index (χ4n) is 5.16. The van der Waals surface area contributed by atoms with E-state index in [0.29, 0.717) is 40.3 Å². The van der Waals surface area contributed by atoms with Gasteiger partial charge in [0.15, 0.2) is 0 Å². The number of pyridine rings is 2. The minimum absolute atomic E-state index is 0.0839. The molecular formula is C24H30N6O2. The van der Waals surface area contributed by atoms with Crippen LogP contribution in [0.2, 0.25) is 0 Å². The van der Waals surface area contributed by atoms with E-state index in [1.807, 2.05) is 0 Å². The van der Waals surface area contributed by atoms with E-state index >= 15 is 0 Å². The average Bonchev–Trinajstić information content (AvgIpc) is 3.56. The van der Waals surface area contributed by atoms with E-state index in [-0.39, 0.29) is 11.5 Å². The molecule has 4 heterocycles. The van der Waals surface area contributed by atoms with Crippen molar-refractivity contribution in [3.05, 3.63) is 33.7 Å². The van der Waals surface area contributed by atoms with Gasteiger partial charge in [-0.25, -0.2) is 4.98 Å². The Hall–Kier alpha value is -2.92. The zero-order chi connectivity index (χ0) is 22.3. The smallest absolute Gasteiger partial charge is 0.269 e. The number of anilines is 1. The largest absolute Gasteiger partial charge is 0.368 e. The molecule has 8 heteroatoms. The third kappa shape index (κ3) is 3.97. The molecule has 2 saturated heterocycles. The van der Waals surface area contributed by atoms with Crippen molar-refractivity contribution in [3.63, 3.8) is 0 Å². The first-order chi connectivity index (χ1) is 15.5. The molecule has 2 aliphatic heterocycles. The standard InChI is InChI=1S/C24H30N6O2/c1-29-10-4-16(5-11-29)15-26-23(32)19-3-2-18-20(27-19)21(17(14-25)22(31)28-18)30-12-8-24(6-7-24)9-13-30/h2-3,16H,4-13,15H2,1H3,(H,26,32)(H,28,31). The molecule has 1 spiro atoms. The molecule has 3 aliphatic rings. The first-order valence-corrected chi connectivity index (χ1v) is 11.7. The third-order valence-electron chi connectivity index (χ3n) is 7.66. The number of H-pyrrole nitrogens is 1. The number of piperidine rings is 2. The minimum atomic E-state index is -0.400. The van der Waals surface area contributed by atoms with Crippen LogP contribution < -0.4 is 15.8 Å². The Kier molecular flexibility index (Phi) is 5.38. The van der Waals surface area contributed by atoms with Crippen molar-refractivity contribution < 1.29 is 4.79 Å². The monoisotopic (exact) mass is 434 g/mol. The van der Waals surface area contributed by atoms with E-state index in [2.05, 4.69) is 38.2 Å². The third-order valence-corrected chi connectivity index (χ3v) is 7.66. The Labute approximate surface area is 187 Å². The Bertz CT molecular complexity index is 1130. The average molecular weight is 435 g/mol. The molecule has 0 aromatic carbocycles. The molecule has 0 bridgehead atoms. The maximum atomic E-state index is 12.9. The lowest BCUT2D eigenvalue weighted by Gasteiger charge is -2.34. The van der Waals surface area contributed by atoms with Crippen molar-refractivity contribution in [2.24, 2.45) is 11.3 Å². The summed E-state index contributed by atoms with van der Waals surface area (Å²) < 4.78 is 0. The second-order valence-electron chi connectivity index (χ2n) is 9.83. The van der Waals surface area contributed by atoms with Crippen LogP contribution in [-0.2, 0) is 0 Å². The number of carbonyl (C=O) groups is 1. The lowest BCUT2D eigenvalue weighted by atomic mass is 9.93. The molecule has 8 nitrogen and oxygen atoms in total. The van der Waals surface area contributed by atoms with Gasteiger partial charge in [0.1, 0.15) is 22.8 Å². The molecule has 168 valence electrons. The molecule has 3 fully saturated rings. The van der Waals surface area contributed by atoms with Crippen LogP contribution in [0.4, 0.5) is 5.69 Å². The molecule has 0 radical (unpaired) electrons. The number of aromatic amines is 1. The van der Waals surface area contributed by atoms with Gasteiger partial charge in [-0.15, -0.1) is 0 Å². The number of carbonyl (C=O) groups excluding carboxylic acids is 1. The van der Waals surface area contributed by atoms with Gasteiger partial charge in [-0.1, -0.05) is 0 Å². The van der Waals surface area contributed by atoms with E-state index in [9.17, 15) is 14.9 Å². The Morgan fingerprint density at radius 3 is 2.59 bits per heavy atom. The number of hydrogen-bond donors (Lipinski definition) is 2. The Morgan fingerprint density at radius 2 is 1.94 bits per heavy atom. The Morgan fingerprint density at radius 1 is 1.22 bits per heavy atom. The number of fused-ring (bicyclic) bond motifs is 1. The summed E-state index contributed by atoms with van der Waals surface area (Å²) in [4.78, 5) is 37.3. The van der Waals surface area contributed by atoms with Crippen molar-refractivity contribution in [1.29, 1.82) is 5.26 Å². The van der Waals surface area contributed by atoms with Crippen LogP contribution in [-0.4, -0.2) is 60.5 Å². The van der Waals surface area contributed by atoms with Crippen LogP contribution >= 0.6 is 0 Å². The number of nitriles is 1. The molecular weight excluding hydrogens is 404 g/mol. The second kappa shape index (κ2) is 8.21. The maximum absolute atomic E-state index is 12.9. The summed E-state index contributed by atoms with van der Waals surface area (Å²) in [5.41, 5.74) is 2.14. The second-order valence-corrected chi connectivity index (χ2v) is 9.83. The highest BCUT2D eigenvalue weighted by Crippen LogP contribution is 2.54. The summed E-state index contributed by atoms with van der Waals surface area (Å²) in [5.74, 6) is 0.271. The molecule has 1 amide bonds. The van der Waals surface area contributed by atoms with Crippen LogP contribution in [0.5, 0.6) is 0 Å². The van der Waals surface area contributed by atoms with Crippen molar-refractivity contribution in [1.82, 2.24) is 20.2 Å². The quantitative estimate of drug-likeness (QED) is 0.765. The highest BCUT2D eigenvalue weighted by atomic mass is 16.2. The molecule has 32 heavy (non-hydrogen) atoms. The molecule has 1 aliphatic carbocycles. The van der Waals surface area contributed by atoms with Gasteiger partial charge in [0, 0.05) is 19.6 Å². The van der Waals surface area contributed by atoms with Gasteiger partial charge in [-0.2, -0.15) is 5.26 Å². The van der Waals surface area contributed by atoms with Crippen LogP contribution in [0.25, 0.3) is 11.0 Å². The molecule has 2 N–H and O–H groups in total. The van der Waals surface area contributed by atoms with Gasteiger partial charge in [-0.05, 0) is 82.1 Å². The number of nitrogens with zero attached hydrogens (tertiary/aromatic N) is 4. The number of likely N-dealkylation sites (tertiary alicyclic amines) is 1. The summed E-state index contributed by atoms with van der Waals surface area (Å²) in [6, 6.07) is 5.45. The minimum Gasteiger partial charge on any atom is -0.368 e. The molecule has 0 atom stereocenters. The summed E-state index contributed by atoms with van der Waals surface area (Å²) in [5, 5.41) is 12.8. The highest BCUT2D eigenvalue weighted by Gasteiger charge is 2.45. The van der Waals surface area contributed by atoms with E-state index in [1.165, 1.54) is 12.8 Å². The molecule has 5 rings (SSSR count). The van der Waals surface area contributed by atoms with Gasteiger partial charge in [0.2, 0.25) is 0 Å². The summed E-state index contributed by atoms with van der Waals surface area (Å²) in [6.45, 7) is 4.37. The van der Waals surface area contributed by atoms with Crippen molar-refractivity contribution >= 4 is 22.6 Å². The van der Waals surface area contributed by atoms with Gasteiger partial charge >= 0.3 is 0 Å². The SMILES string of the molecule is CN1CCC(CNC(=O)c2ccc3[nH]c(=O)c(C#N)c(N4CCC5(CC4)CC5)c3n2)CC1. The van der Waals surface area contributed by atoms with Crippen molar-refractivity contribution in [3.8, 4) is 6.07 Å². The fraction of sp³-hybridized carbons (Fsp3) is 0.583.